The minimum absolute atomic E-state index is 0.351. The predicted molar refractivity (Wildman–Crippen MR) is 83.1 cm³/mol. The van der Waals surface area contributed by atoms with E-state index in [1.807, 2.05) is 0 Å². The summed E-state index contributed by atoms with van der Waals surface area (Å²) in [6, 6.07) is 0.462. The standard InChI is InChI=1S/C15H31NO2S/c1-3-11-16-14-9-6-4-5-7-10-15(14)19(17)13-8-12-18-2/h14-16H,3-13H2,1-2H3. The van der Waals surface area contributed by atoms with E-state index in [0.717, 1.165) is 38.2 Å². The van der Waals surface area contributed by atoms with Crippen molar-refractivity contribution in [2.24, 2.45) is 0 Å². The number of hydrogen-bond acceptors (Lipinski definition) is 3. The molecule has 1 aliphatic carbocycles. The highest BCUT2D eigenvalue weighted by Crippen LogP contribution is 2.22. The molecule has 1 N–H and O–H groups in total. The maximum absolute atomic E-state index is 12.5. The van der Waals surface area contributed by atoms with E-state index in [0.29, 0.717) is 11.3 Å². The van der Waals surface area contributed by atoms with Gasteiger partial charge in [-0.2, -0.15) is 0 Å². The van der Waals surface area contributed by atoms with E-state index in [4.69, 9.17) is 4.74 Å². The highest BCUT2D eigenvalue weighted by atomic mass is 32.2. The Morgan fingerprint density at radius 3 is 2.63 bits per heavy atom. The molecule has 0 aromatic carbocycles. The smallest absolute Gasteiger partial charge is 0.0501 e. The van der Waals surface area contributed by atoms with Crippen LogP contribution in [0.15, 0.2) is 0 Å². The van der Waals surface area contributed by atoms with Crippen LogP contribution < -0.4 is 5.32 Å². The van der Waals surface area contributed by atoms with E-state index in [2.05, 4.69) is 12.2 Å². The van der Waals surface area contributed by atoms with Crippen LogP contribution >= 0.6 is 0 Å². The minimum Gasteiger partial charge on any atom is -0.385 e. The van der Waals surface area contributed by atoms with Crippen LogP contribution in [0.25, 0.3) is 0 Å². The molecule has 19 heavy (non-hydrogen) atoms. The zero-order valence-electron chi connectivity index (χ0n) is 12.7. The van der Waals surface area contributed by atoms with E-state index in [-0.39, 0.29) is 0 Å². The molecule has 1 aliphatic rings. The first-order valence-corrected chi connectivity index (χ1v) is 9.27. The zero-order chi connectivity index (χ0) is 13.9. The lowest BCUT2D eigenvalue weighted by Crippen LogP contribution is -2.43. The van der Waals surface area contributed by atoms with Crippen LogP contribution in [-0.4, -0.2) is 41.5 Å². The molecular formula is C15H31NO2S. The van der Waals surface area contributed by atoms with Gasteiger partial charge in [-0.3, -0.25) is 4.21 Å². The molecule has 3 nitrogen and oxygen atoms in total. The van der Waals surface area contributed by atoms with Gasteiger partial charge in [-0.05, 0) is 32.2 Å². The molecule has 0 aromatic rings. The molecule has 4 heteroatoms. The summed E-state index contributed by atoms with van der Waals surface area (Å²) < 4.78 is 17.6. The second-order valence-electron chi connectivity index (χ2n) is 5.52. The predicted octanol–water partition coefficient (Wildman–Crippen LogP) is 2.86. The molecule has 0 heterocycles. The topological polar surface area (TPSA) is 38.3 Å². The number of methoxy groups -OCH3 is 1. The fourth-order valence-electron chi connectivity index (χ4n) is 2.83. The molecule has 1 rings (SSSR count). The largest absolute Gasteiger partial charge is 0.385 e. The zero-order valence-corrected chi connectivity index (χ0v) is 13.5. The minimum atomic E-state index is -0.703. The van der Waals surface area contributed by atoms with Crippen LogP contribution in [0.1, 0.15) is 58.3 Å². The van der Waals surface area contributed by atoms with E-state index in [9.17, 15) is 4.21 Å². The molecule has 0 aromatic heterocycles. The summed E-state index contributed by atoms with van der Waals surface area (Å²) >= 11 is 0. The number of hydrogen-bond donors (Lipinski definition) is 1. The van der Waals surface area contributed by atoms with Gasteiger partial charge in [0.2, 0.25) is 0 Å². The van der Waals surface area contributed by atoms with E-state index >= 15 is 0 Å². The summed E-state index contributed by atoms with van der Waals surface area (Å²) in [5.41, 5.74) is 0. The molecule has 114 valence electrons. The van der Waals surface area contributed by atoms with Gasteiger partial charge in [0.1, 0.15) is 0 Å². The molecule has 0 spiro atoms. The SMILES string of the molecule is CCCNC1CCCCCCC1S(=O)CCCOC. The normalized spacial score (nSPS) is 26.6. The van der Waals surface area contributed by atoms with E-state index in [1.54, 1.807) is 7.11 Å². The van der Waals surface area contributed by atoms with Crippen LogP contribution in [0.2, 0.25) is 0 Å². The van der Waals surface area contributed by atoms with Crippen molar-refractivity contribution < 1.29 is 8.95 Å². The summed E-state index contributed by atoms with van der Waals surface area (Å²) in [6.07, 6.45) is 9.57. The van der Waals surface area contributed by atoms with Crippen LogP contribution in [-0.2, 0) is 15.5 Å². The van der Waals surface area contributed by atoms with Gasteiger partial charge in [0.05, 0.1) is 5.25 Å². The molecular weight excluding hydrogens is 258 g/mol. The highest BCUT2D eigenvalue weighted by molar-refractivity contribution is 7.85. The fraction of sp³-hybridized carbons (Fsp3) is 1.00. The number of ether oxygens (including phenoxy) is 1. The Bertz CT molecular complexity index is 246. The van der Waals surface area contributed by atoms with Gasteiger partial charge < -0.3 is 10.1 Å². The van der Waals surface area contributed by atoms with Crippen molar-refractivity contribution in [3.63, 3.8) is 0 Å². The molecule has 3 atom stereocenters. The Morgan fingerprint density at radius 2 is 1.95 bits per heavy atom. The van der Waals surface area contributed by atoms with Crippen LogP contribution in [0, 0.1) is 0 Å². The van der Waals surface area contributed by atoms with Crippen molar-refractivity contribution in [1.29, 1.82) is 0 Å². The van der Waals surface area contributed by atoms with Crippen LogP contribution in [0.3, 0.4) is 0 Å². The summed E-state index contributed by atoms with van der Waals surface area (Å²) in [5.74, 6) is 0.794. The monoisotopic (exact) mass is 289 g/mol. The Kier molecular flexibility index (Phi) is 9.74. The summed E-state index contributed by atoms with van der Waals surface area (Å²) in [7, 11) is 1.01. The second-order valence-corrected chi connectivity index (χ2v) is 7.30. The lowest BCUT2D eigenvalue weighted by molar-refractivity contribution is 0.199. The Balaban J connectivity index is 2.51. The van der Waals surface area contributed by atoms with Gasteiger partial charge in [0.25, 0.3) is 0 Å². The highest BCUT2D eigenvalue weighted by Gasteiger charge is 2.26. The molecule has 0 bridgehead atoms. The third-order valence-corrected chi connectivity index (χ3v) is 5.82. The van der Waals surface area contributed by atoms with Gasteiger partial charge in [0, 0.05) is 36.3 Å². The van der Waals surface area contributed by atoms with Crippen molar-refractivity contribution in [2.75, 3.05) is 26.0 Å². The Morgan fingerprint density at radius 1 is 1.21 bits per heavy atom. The summed E-state index contributed by atoms with van der Waals surface area (Å²) in [5, 5.41) is 3.99. The van der Waals surface area contributed by atoms with Gasteiger partial charge in [-0.25, -0.2) is 0 Å². The first kappa shape index (κ1) is 17.1. The Hall–Kier alpha value is 0.0700. The fourth-order valence-corrected chi connectivity index (χ4v) is 4.56. The Labute approximate surface area is 121 Å². The molecule has 0 saturated heterocycles. The van der Waals surface area contributed by atoms with Crippen LogP contribution in [0.5, 0.6) is 0 Å². The van der Waals surface area contributed by atoms with Crippen molar-refractivity contribution in [1.82, 2.24) is 5.32 Å². The molecule has 1 fully saturated rings. The van der Waals surface area contributed by atoms with E-state index < -0.39 is 10.8 Å². The quantitative estimate of drug-likeness (QED) is 0.698. The molecule has 0 aliphatic heterocycles. The maximum atomic E-state index is 12.5. The van der Waals surface area contributed by atoms with Crippen molar-refractivity contribution in [3.8, 4) is 0 Å². The molecule has 1 saturated carbocycles. The second kappa shape index (κ2) is 10.8. The lowest BCUT2D eigenvalue weighted by atomic mass is 9.96. The molecule has 0 radical (unpaired) electrons. The van der Waals surface area contributed by atoms with Gasteiger partial charge in [-0.15, -0.1) is 0 Å². The third kappa shape index (κ3) is 6.87. The van der Waals surface area contributed by atoms with Gasteiger partial charge in [-0.1, -0.05) is 32.6 Å². The first-order valence-electron chi connectivity index (χ1n) is 7.89. The molecule has 0 amide bonds. The average Bonchev–Trinajstić information content (AvgIpc) is 2.38. The van der Waals surface area contributed by atoms with Crippen LogP contribution in [0.4, 0.5) is 0 Å². The summed E-state index contributed by atoms with van der Waals surface area (Å²) in [6.45, 7) is 3.97. The summed E-state index contributed by atoms with van der Waals surface area (Å²) in [4.78, 5) is 0. The molecule has 3 unspecified atom stereocenters. The number of rotatable bonds is 8. The van der Waals surface area contributed by atoms with Crippen molar-refractivity contribution >= 4 is 10.8 Å². The van der Waals surface area contributed by atoms with Crippen molar-refractivity contribution in [3.05, 3.63) is 0 Å². The van der Waals surface area contributed by atoms with Crippen molar-refractivity contribution in [2.45, 2.75) is 69.6 Å². The number of nitrogens with one attached hydrogen (secondary N) is 1. The van der Waals surface area contributed by atoms with Gasteiger partial charge in [0.15, 0.2) is 0 Å². The lowest BCUT2D eigenvalue weighted by Gasteiger charge is -2.29. The third-order valence-electron chi connectivity index (χ3n) is 3.89. The average molecular weight is 289 g/mol. The first-order chi connectivity index (χ1) is 9.29. The van der Waals surface area contributed by atoms with Gasteiger partial charge >= 0.3 is 0 Å². The van der Waals surface area contributed by atoms with E-state index in [1.165, 1.54) is 32.1 Å². The maximum Gasteiger partial charge on any atom is 0.0501 e.